The fourth-order valence-electron chi connectivity index (χ4n) is 3.66. The number of hydrogen-bond donors (Lipinski definition) is 1. The van der Waals surface area contributed by atoms with E-state index in [0.29, 0.717) is 5.15 Å². The lowest BCUT2D eigenvalue weighted by molar-refractivity contribution is -0.164. The summed E-state index contributed by atoms with van der Waals surface area (Å²) >= 11 is 5.86. The lowest BCUT2D eigenvalue weighted by Crippen LogP contribution is -2.58. The third-order valence-corrected chi connectivity index (χ3v) is 5.10. The molecule has 2 aliphatic rings. The van der Waals surface area contributed by atoms with Gasteiger partial charge in [0.05, 0.1) is 12.3 Å². The molecule has 4 atom stereocenters. The monoisotopic (exact) mass is 339 g/mol. The van der Waals surface area contributed by atoms with Gasteiger partial charge in [0.1, 0.15) is 11.4 Å². The van der Waals surface area contributed by atoms with Gasteiger partial charge in [-0.3, -0.25) is 9.80 Å². The van der Waals surface area contributed by atoms with Crippen molar-refractivity contribution in [3.05, 3.63) is 29.0 Å². The largest absolute Gasteiger partial charge is 0.390 e. The van der Waals surface area contributed by atoms with Gasteiger partial charge in [-0.15, -0.1) is 0 Å². The normalized spacial score (nSPS) is 32.2. The Hall–Kier alpha value is -0.720. The molecule has 3 heterocycles. The third-order valence-electron chi connectivity index (χ3n) is 4.88. The molecule has 4 unspecified atom stereocenters. The molecule has 0 spiro atoms. The van der Waals surface area contributed by atoms with Gasteiger partial charge in [0.25, 0.3) is 0 Å². The van der Waals surface area contributed by atoms with Gasteiger partial charge in [0.15, 0.2) is 0 Å². The predicted molar refractivity (Wildman–Crippen MR) is 90.0 cm³/mol. The van der Waals surface area contributed by atoms with Crippen molar-refractivity contribution in [2.75, 3.05) is 19.7 Å². The summed E-state index contributed by atoms with van der Waals surface area (Å²) in [5.74, 6) is 0.238. The molecule has 6 heteroatoms. The molecule has 0 bridgehead atoms. The number of ether oxygens (including phenoxy) is 1. The van der Waals surface area contributed by atoms with E-state index in [2.05, 4.69) is 28.6 Å². The van der Waals surface area contributed by atoms with Crippen LogP contribution in [0.4, 0.5) is 0 Å². The standard InChI is InChI=1S/C17H26ClN3O2/c1-3-8-23-15-9-12(2)16(22)17-20(6-7-21(15)17)11-13-4-5-14(18)19-10-13/h4-5,10,12,15-17,22H,3,6-9,11H2,1-2H3. The Morgan fingerprint density at radius 2 is 2.22 bits per heavy atom. The number of aromatic nitrogens is 1. The molecule has 0 aliphatic carbocycles. The molecular weight excluding hydrogens is 314 g/mol. The molecule has 0 amide bonds. The summed E-state index contributed by atoms with van der Waals surface area (Å²) in [5, 5.41) is 11.2. The highest BCUT2D eigenvalue weighted by Gasteiger charge is 2.47. The second-order valence-corrected chi connectivity index (χ2v) is 7.03. The Bertz CT molecular complexity index is 513. The molecule has 2 saturated heterocycles. The zero-order chi connectivity index (χ0) is 16.4. The first-order valence-electron chi connectivity index (χ1n) is 8.50. The second-order valence-electron chi connectivity index (χ2n) is 6.64. The van der Waals surface area contributed by atoms with E-state index in [1.54, 1.807) is 0 Å². The average molecular weight is 340 g/mol. The highest BCUT2D eigenvalue weighted by Crippen LogP contribution is 2.34. The first-order valence-corrected chi connectivity index (χ1v) is 8.88. The lowest BCUT2D eigenvalue weighted by Gasteiger charge is -2.45. The highest BCUT2D eigenvalue weighted by atomic mass is 35.5. The number of aliphatic hydroxyl groups is 1. The second kappa shape index (κ2) is 7.45. The molecule has 0 radical (unpaired) electrons. The van der Waals surface area contributed by atoms with Crippen LogP contribution in [-0.4, -0.2) is 58.1 Å². The van der Waals surface area contributed by atoms with Crippen LogP contribution in [0.5, 0.6) is 0 Å². The number of pyridine rings is 1. The Labute approximate surface area is 143 Å². The minimum atomic E-state index is -0.348. The van der Waals surface area contributed by atoms with Gasteiger partial charge in [0.2, 0.25) is 0 Å². The summed E-state index contributed by atoms with van der Waals surface area (Å²) < 4.78 is 6.04. The molecule has 128 valence electrons. The predicted octanol–water partition coefficient (Wildman–Crippen LogP) is 2.33. The Morgan fingerprint density at radius 3 is 2.91 bits per heavy atom. The quantitative estimate of drug-likeness (QED) is 0.834. The zero-order valence-electron chi connectivity index (χ0n) is 13.9. The van der Waals surface area contributed by atoms with Crippen molar-refractivity contribution in [3.63, 3.8) is 0 Å². The van der Waals surface area contributed by atoms with Gasteiger partial charge in [-0.25, -0.2) is 4.98 Å². The van der Waals surface area contributed by atoms with Gasteiger partial charge in [0, 0.05) is 32.4 Å². The summed E-state index contributed by atoms with van der Waals surface area (Å²) in [6, 6.07) is 3.82. The van der Waals surface area contributed by atoms with Crippen LogP contribution in [-0.2, 0) is 11.3 Å². The zero-order valence-corrected chi connectivity index (χ0v) is 14.6. The summed E-state index contributed by atoms with van der Waals surface area (Å²) in [6.45, 7) is 7.66. The van der Waals surface area contributed by atoms with E-state index in [9.17, 15) is 5.11 Å². The first kappa shape index (κ1) is 17.1. The number of hydrogen-bond acceptors (Lipinski definition) is 5. The first-order chi connectivity index (χ1) is 11.1. The third kappa shape index (κ3) is 3.69. The number of nitrogens with zero attached hydrogens (tertiary/aromatic N) is 3. The Balaban J connectivity index is 1.72. The molecule has 5 nitrogen and oxygen atoms in total. The summed E-state index contributed by atoms with van der Waals surface area (Å²) in [4.78, 5) is 8.80. The Morgan fingerprint density at radius 1 is 1.39 bits per heavy atom. The molecule has 23 heavy (non-hydrogen) atoms. The van der Waals surface area contributed by atoms with Crippen LogP contribution < -0.4 is 0 Å². The molecule has 0 saturated carbocycles. The number of rotatable bonds is 5. The number of halogens is 1. The van der Waals surface area contributed by atoms with E-state index in [0.717, 1.165) is 44.6 Å². The fraction of sp³-hybridized carbons (Fsp3) is 0.706. The van der Waals surface area contributed by atoms with Crippen molar-refractivity contribution < 1.29 is 9.84 Å². The van der Waals surface area contributed by atoms with E-state index >= 15 is 0 Å². The topological polar surface area (TPSA) is 48.8 Å². The lowest BCUT2D eigenvalue weighted by atomic mass is 9.92. The molecule has 0 aromatic carbocycles. The molecule has 1 aromatic rings. The SMILES string of the molecule is CCCOC1CC(C)C(O)C2N(Cc3ccc(Cl)nc3)CCN12. The van der Waals surface area contributed by atoms with Crippen molar-refractivity contribution in [3.8, 4) is 0 Å². The van der Waals surface area contributed by atoms with Crippen molar-refractivity contribution in [1.82, 2.24) is 14.8 Å². The van der Waals surface area contributed by atoms with Gasteiger partial charge in [-0.05, 0) is 30.4 Å². The maximum absolute atomic E-state index is 10.7. The molecule has 2 fully saturated rings. The van der Waals surface area contributed by atoms with Crippen molar-refractivity contribution in [2.24, 2.45) is 5.92 Å². The van der Waals surface area contributed by atoms with E-state index in [4.69, 9.17) is 16.3 Å². The smallest absolute Gasteiger partial charge is 0.129 e. The van der Waals surface area contributed by atoms with E-state index in [1.807, 2.05) is 18.3 Å². The van der Waals surface area contributed by atoms with Crippen LogP contribution in [0.15, 0.2) is 18.3 Å². The van der Waals surface area contributed by atoms with Crippen molar-refractivity contribution in [1.29, 1.82) is 0 Å². The molecule has 2 aliphatic heterocycles. The molecular formula is C17H26ClN3O2. The van der Waals surface area contributed by atoms with Gasteiger partial charge in [-0.2, -0.15) is 0 Å². The summed E-state index contributed by atoms with van der Waals surface area (Å²) in [7, 11) is 0. The van der Waals surface area contributed by atoms with Crippen LogP contribution in [0.25, 0.3) is 0 Å². The maximum atomic E-state index is 10.7. The maximum Gasteiger partial charge on any atom is 0.129 e. The number of fused-ring (bicyclic) bond motifs is 1. The van der Waals surface area contributed by atoms with Crippen LogP contribution in [0, 0.1) is 5.92 Å². The highest BCUT2D eigenvalue weighted by molar-refractivity contribution is 6.29. The summed E-state index contributed by atoms with van der Waals surface area (Å²) in [6.07, 6.45) is 3.52. The van der Waals surface area contributed by atoms with Gasteiger partial charge in [-0.1, -0.05) is 31.5 Å². The molecule has 1 aromatic heterocycles. The minimum Gasteiger partial charge on any atom is -0.390 e. The van der Waals surface area contributed by atoms with Gasteiger partial charge < -0.3 is 9.84 Å². The minimum absolute atomic E-state index is 0.0243. The van der Waals surface area contributed by atoms with E-state index in [1.165, 1.54) is 0 Å². The summed E-state index contributed by atoms with van der Waals surface area (Å²) in [5.41, 5.74) is 1.12. The van der Waals surface area contributed by atoms with Crippen LogP contribution in [0.2, 0.25) is 5.15 Å². The fourth-order valence-corrected chi connectivity index (χ4v) is 3.77. The van der Waals surface area contributed by atoms with Crippen LogP contribution in [0.1, 0.15) is 32.3 Å². The van der Waals surface area contributed by atoms with Crippen LogP contribution >= 0.6 is 11.6 Å². The van der Waals surface area contributed by atoms with Crippen LogP contribution in [0.3, 0.4) is 0 Å². The van der Waals surface area contributed by atoms with E-state index < -0.39 is 0 Å². The average Bonchev–Trinajstić information content (AvgIpc) is 2.96. The molecule has 3 rings (SSSR count). The van der Waals surface area contributed by atoms with Crippen molar-refractivity contribution in [2.45, 2.75) is 51.7 Å². The van der Waals surface area contributed by atoms with Gasteiger partial charge >= 0.3 is 0 Å². The Kier molecular flexibility index (Phi) is 5.54. The number of aliphatic hydroxyl groups excluding tert-OH is 1. The number of piperidine rings is 1. The van der Waals surface area contributed by atoms with Crippen molar-refractivity contribution >= 4 is 11.6 Å². The molecule has 1 N–H and O–H groups in total. The van der Waals surface area contributed by atoms with E-state index in [-0.39, 0.29) is 24.4 Å².